The van der Waals surface area contributed by atoms with Crippen molar-refractivity contribution in [3.05, 3.63) is 23.3 Å². The van der Waals surface area contributed by atoms with Crippen LogP contribution in [-0.2, 0) is 4.74 Å². The van der Waals surface area contributed by atoms with Crippen LogP contribution in [0.25, 0.3) is 0 Å². The minimum absolute atomic E-state index is 0.188. The van der Waals surface area contributed by atoms with E-state index in [0.717, 1.165) is 38.7 Å². The maximum Gasteiger partial charge on any atom is 0.0700 e. The number of nitriles is 1. The Morgan fingerprint density at radius 1 is 1.53 bits per heavy atom. The van der Waals surface area contributed by atoms with Crippen LogP contribution in [-0.4, -0.2) is 12.7 Å². The summed E-state index contributed by atoms with van der Waals surface area (Å²) in [6, 6.07) is 2.64. The molecule has 0 unspecified atom stereocenters. The van der Waals surface area contributed by atoms with E-state index in [1.807, 2.05) is 0 Å². The Balaban J connectivity index is 2.08. The van der Waals surface area contributed by atoms with Gasteiger partial charge in [0, 0.05) is 5.92 Å². The molecule has 3 rings (SSSR count). The first-order valence-corrected chi connectivity index (χ1v) is 6.65. The molecule has 0 aromatic rings. The van der Waals surface area contributed by atoms with Crippen LogP contribution in [0.2, 0.25) is 0 Å². The lowest BCUT2D eigenvalue weighted by Gasteiger charge is -2.46. The first-order valence-electron chi connectivity index (χ1n) is 6.65. The van der Waals surface area contributed by atoms with E-state index in [-0.39, 0.29) is 5.41 Å². The van der Waals surface area contributed by atoms with E-state index in [0.29, 0.717) is 12.0 Å². The third-order valence-electron chi connectivity index (χ3n) is 4.62. The molecule has 0 aromatic carbocycles. The van der Waals surface area contributed by atoms with Gasteiger partial charge < -0.3 is 4.74 Å². The summed E-state index contributed by atoms with van der Waals surface area (Å²) in [5.41, 5.74) is 2.60. The standard InChI is InChI=1S/C15H19NO/c1-11-4-7-15(10-16)6-2-3-13-14(15)12(9-11)5-8-17-13/h4,9,13-14H,2-3,5-8H2,1H3/t13-,14+,15-/m1/s1. The van der Waals surface area contributed by atoms with Crippen LogP contribution in [0.4, 0.5) is 0 Å². The Morgan fingerprint density at radius 2 is 2.41 bits per heavy atom. The summed E-state index contributed by atoms with van der Waals surface area (Å²) >= 11 is 0. The highest BCUT2D eigenvalue weighted by molar-refractivity contribution is 5.33. The molecule has 0 bridgehead atoms. The van der Waals surface area contributed by atoms with E-state index >= 15 is 0 Å². The van der Waals surface area contributed by atoms with Gasteiger partial charge in [-0.05, 0) is 39.0 Å². The van der Waals surface area contributed by atoms with E-state index in [9.17, 15) is 5.26 Å². The van der Waals surface area contributed by atoms with Crippen LogP contribution in [0.3, 0.4) is 0 Å². The zero-order valence-electron chi connectivity index (χ0n) is 10.4. The number of hydrogen-bond acceptors (Lipinski definition) is 2. The molecule has 2 fully saturated rings. The highest BCUT2D eigenvalue weighted by atomic mass is 16.5. The van der Waals surface area contributed by atoms with Crippen LogP contribution >= 0.6 is 0 Å². The first kappa shape index (κ1) is 11.0. The largest absolute Gasteiger partial charge is 0.377 e. The van der Waals surface area contributed by atoms with Crippen LogP contribution in [0.5, 0.6) is 0 Å². The molecule has 3 atom stereocenters. The number of allylic oxidation sites excluding steroid dienone is 3. The van der Waals surface area contributed by atoms with Crippen molar-refractivity contribution in [2.75, 3.05) is 6.61 Å². The summed E-state index contributed by atoms with van der Waals surface area (Å²) in [6.07, 6.45) is 10.1. The molecule has 3 aliphatic rings. The van der Waals surface area contributed by atoms with Crippen LogP contribution in [0.1, 0.15) is 39.0 Å². The minimum atomic E-state index is -0.188. The highest BCUT2D eigenvalue weighted by Gasteiger charge is 2.49. The molecule has 90 valence electrons. The van der Waals surface area contributed by atoms with Gasteiger partial charge in [0.05, 0.1) is 24.2 Å². The SMILES string of the molecule is CC1=CC[C@@]2(C#N)CCC[C@H]3OCCC(=C1)[C@@H]32. The van der Waals surface area contributed by atoms with Crippen LogP contribution in [0, 0.1) is 22.7 Å². The van der Waals surface area contributed by atoms with E-state index in [1.165, 1.54) is 11.1 Å². The molecule has 1 heterocycles. The van der Waals surface area contributed by atoms with E-state index in [4.69, 9.17) is 4.74 Å². The summed E-state index contributed by atoms with van der Waals surface area (Å²) in [5, 5.41) is 9.68. The van der Waals surface area contributed by atoms with Crippen molar-refractivity contribution >= 4 is 0 Å². The molecule has 0 spiro atoms. The molecule has 0 amide bonds. The predicted molar refractivity (Wildman–Crippen MR) is 66.2 cm³/mol. The molecular formula is C15H19NO. The smallest absolute Gasteiger partial charge is 0.0700 e. The summed E-state index contributed by atoms with van der Waals surface area (Å²) in [7, 11) is 0. The third kappa shape index (κ3) is 1.65. The summed E-state index contributed by atoms with van der Waals surface area (Å²) < 4.78 is 5.92. The lowest BCUT2D eigenvalue weighted by Crippen LogP contribution is -2.45. The maximum atomic E-state index is 9.68. The normalized spacial score (nSPS) is 40.5. The van der Waals surface area contributed by atoms with Crippen molar-refractivity contribution < 1.29 is 4.74 Å². The number of nitrogens with zero attached hydrogens (tertiary/aromatic N) is 1. The zero-order valence-corrected chi connectivity index (χ0v) is 10.4. The van der Waals surface area contributed by atoms with Gasteiger partial charge in [-0.1, -0.05) is 23.3 Å². The van der Waals surface area contributed by atoms with E-state index in [1.54, 1.807) is 0 Å². The Bertz CT molecular complexity index is 427. The number of ether oxygens (including phenoxy) is 1. The van der Waals surface area contributed by atoms with Crippen molar-refractivity contribution in [3.63, 3.8) is 0 Å². The Hall–Kier alpha value is -1.07. The Kier molecular flexibility index (Phi) is 2.60. The van der Waals surface area contributed by atoms with Gasteiger partial charge in [-0.2, -0.15) is 5.26 Å². The summed E-state index contributed by atoms with van der Waals surface area (Å²) in [4.78, 5) is 0. The molecule has 0 aromatic heterocycles. The topological polar surface area (TPSA) is 33.0 Å². The fraction of sp³-hybridized carbons (Fsp3) is 0.667. The van der Waals surface area contributed by atoms with Crippen molar-refractivity contribution in [2.24, 2.45) is 11.3 Å². The fourth-order valence-corrected chi connectivity index (χ4v) is 3.81. The van der Waals surface area contributed by atoms with Gasteiger partial charge in [0.15, 0.2) is 0 Å². The minimum Gasteiger partial charge on any atom is -0.377 e. The van der Waals surface area contributed by atoms with Gasteiger partial charge in [0.25, 0.3) is 0 Å². The lowest BCUT2D eigenvalue weighted by atomic mass is 9.61. The fourth-order valence-electron chi connectivity index (χ4n) is 3.81. The first-order chi connectivity index (χ1) is 8.25. The number of hydrogen-bond donors (Lipinski definition) is 0. The zero-order chi connectivity index (χ0) is 11.9. The van der Waals surface area contributed by atoms with Gasteiger partial charge in [-0.3, -0.25) is 0 Å². The van der Waals surface area contributed by atoms with Gasteiger partial charge >= 0.3 is 0 Å². The van der Waals surface area contributed by atoms with Gasteiger partial charge in [-0.15, -0.1) is 0 Å². The Labute approximate surface area is 103 Å². The molecule has 1 saturated carbocycles. The summed E-state index contributed by atoms with van der Waals surface area (Å²) in [5.74, 6) is 0.351. The third-order valence-corrected chi connectivity index (χ3v) is 4.62. The average Bonchev–Trinajstić information content (AvgIpc) is 2.50. The van der Waals surface area contributed by atoms with Gasteiger partial charge in [-0.25, -0.2) is 0 Å². The number of rotatable bonds is 0. The van der Waals surface area contributed by atoms with Crippen molar-refractivity contribution in [1.29, 1.82) is 5.26 Å². The summed E-state index contributed by atoms with van der Waals surface area (Å²) in [6.45, 7) is 2.99. The molecule has 2 aliphatic carbocycles. The molecule has 0 radical (unpaired) electrons. The second kappa shape index (κ2) is 3.99. The van der Waals surface area contributed by atoms with Gasteiger partial charge in [0.1, 0.15) is 0 Å². The van der Waals surface area contributed by atoms with Crippen molar-refractivity contribution in [2.45, 2.75) is 45.1 Å². The van der Waals surface area contributed by atoms with Crippen molar-refractivity contribution in [1.82, 2.24) is 0 Å². The molecule has 2 nitrogen and oxygen atoms in total. The predicted octanol–water partition coefficient (Wildman–Crippen LogP) is 3.36. The van der Waals surface area contributed by atoms with Crippen LogP contribution in [0.15, 0.2) is 23.3 Å². The molecule has 0 N–H and O–H groups in total. The van der Waals surface area contributed by atoms with Crippen molar-refractivity contribution in [3.8, 4) is 6.07 Å². The second-order valence-electron chi connectivity index (χ2n) is 5.67. The van der Waals surface area contributed by atoms with Crippen LogP contribution < -0.4 is 0 Å². The Morgan fingerprint density at radius 3 is 3.24 bits per heavy atom. The monoisotopic (exact) mass is 229 g/mol. The lowest BCUT2D eigenvalue weighted by molar-refractivity contribution is -0.0596. The maximum absolute atomic E-state index is 9.68. The highest BCUT2D eigenvalue weighted by Crippen LogP contribution is 2.52. The van der Waals surface area contributed by atoms with E-state index < -0.39 is 0 Å². The molecule has 2 heteroatoms. The molecule has 17 heavy (non-hydrogen) atoms. The second-order valence-corrected chi connectivity index (χ2v) is 5.67. The molecule has 1 aliphatic heterocycles. The van der Waals surface area contributed by atoms with E-state index in [2.05, 4.69) is 25.1 Å². The molecule has 1 saturated heterocycles. The average molecular weight is 229 g/mol. The quantitative estimate of drug-likeness (QED) is 0.638. The molecular weight excluding hydrogens is 210 g/mol. The van der Waals surface area contributed by atoms with Gasteiger partial charge in [0.2, 0.25) is 0 Å².